The smallest absolute Gasteiger partial charge is 0.174 e. The van der Waals surface area contributed by atoms with Crippen molar-refractivity contribution < 1.29 is 13.9 Å². The SMILES string of the molecule is OC(Cc1cccc(Cl)c1F)c1ccoc1Br. The molecule has 90 valence electrons. The van der Waals surface area contributed by atoms with Crippen LogP contribution in [0, 0.1) is 5.82 Å². The molecule has 2 nitrogen and oxygen atoms in total. The summed E-state index contributed by atoms with van der Waals surface area (Å²) in [6.45, 7) is 0. The van der Waals surface area contributed by atoms with Crippen molar-refractivity contribution in [3.63, 3.8) is 0 Å². The van der Waals surface area contributed by atoms with Crippen molar-refractivity contribution in [2.45, 2.75) is 12.5 Å². The van der Waals surface area contributed by atoms with Crippen LogP contribution in [-0.2, 0) is 6.42 Å². The van der Waals surface area contributed by atoms with Gasteiger partial charge in [-0.2, -0.15) is 0 Å². The normalized spacial score (nSPS) is 12.7. The molecule has 0 saturated carbocycles. The average molecular weight is 320 g/mol. The van der Waals surface area contributed by atoms with E-state index in [2.05, 4.69) is 15.9 Å². The minimum atomic E-state index is -0.837. The van der Waals surface area contributed by atoms with E-state index in [1.807, 2.05) is 0 Å². The summed E-state index contributed by atoms with van der Waals surface area (Å²) >= 11 is 8.84. The first-order chi connectivity index (χ1) is 8.09. The van der Waals surface area contributed by atoms with Gasteiger partial charge in [-0.15, -0.1) is 0 Å². The summed E-state index contributed by atoms with van der Waals surface area (Å²) in [6.07, 6.45) is 0.762. The number of hydrogen-bond donors (Lipinski definition) is 1. The Balaban J connectivity index is 2.22. The highest BCUT2D eigenvalue weighted by molar-refractivity contribution is 9.10. The van der Waals surface area contributed by atoms with Crippen LogP contribution in [-0.4, -0.2) is 5.11 Å². The quantitative estimate of drug-likeness (QED) is 0.923. The van der Waals surface area contributed by atoms with Gasteiger partial charge in [-0.3, -0.25) is 0 Å². The van der Waals surface area contributed by atoms with Gasteiger partial charge in [0.25, 0.3) is 0 Å². The van der Waals surface area contributed by atoms with Gasteiger partial charge in [-0.25, -0.2) is 4.39 Å². The van der Waals surface area contributed by atoms with E-state index in [1.165, 1.54) is 12.3 Å². The molecule has 17 heavy (non-hydrogen) atoms. The maximum atomic E-state index is 13.6. The standard InChI is InChI=1S/C12H9BrClFO2/c13-12-8(4-5-17-12)10(16)6-7-2-1-3-9(14)11(7)15/h1-5,10,16H,6H2. The van der Waals surface area contributed by atoms with Crippen LogP contribution in [0.4, 0.5) is 4.39 Å². The summed E-state index contributed by atoms with van der Waals surface area (Å²) < 4.78 is 19.1. The monoisotopic (exact) mass is 318 g/mol. The summed E-state index contributed by atoms with van der Waals surface area (Å²) in [5.74, 6) is -0.493. The Morgan fingerprint density at radius 2 is 2.18 bits per heavy atom. The molecule has 0 aliphatic rings. The third-order valence-electron chi connectivity index (χ3n) is 2.45. The second kappa shape index (κ2) is 5.21. The Bertz CT molecular complexity index is 527. The molecule has 0 aliphatic heterocycles. The molecule has 1 aromatic carbocycles. The predicted molar refractivity (Wildman–Crippen MR) is 66.5 cm³/mol. The fourth-order valence-electron chi connectivity index (χ4n) is 1.57. The Labute approximate surface area is 111 Å². The van der Waals surface area contributed by atoms with Gasteiger partial charge >= 0.3 is 0 Å². The Hall–Kier alpha value is -0.840. The second-order valence-corrected chi connectivity index (χ2v) is 4.71. The van der Waals surface area contributed by atoms with Gasteiger partial charge in [0, 0.05) is 12.0 Å². The lowest BCUT2D eigenvalue weighted by atomic mass is 10.0. The fraction of sp³-hybridized carbons (Fsp3) is 0.167. The third kappa shape index (κ3) is 2.70. The molecule has 2 rings (SSSR count). The van der Waals surface area contributed by atoms with E-state index in [9.17, 15) is 9.50 Å². The molecule has 5 heteroatoms. The summed E-state index contributed by atoms with van der Waals surface area (Å²) in [6, 6.07) is 6.36. The number of rotatable bonds is 3. The van der Waals surface area contributed by atoms with Crippen LogP contribution in [0.15, 0.2) is 39.6 Å². The van der Waals surface area contributed by atoms with Gasteiger partial charge in [-0.05, 0) is 33.6 Å². The van der Waals surface area contributed by atoms with Crippen molar-refractivity contribution in [1.82, 2.24) is 0 Å². The predicted octanol–water partition coefficient (Wildman–Crippen LogP) is 4.11. The molecule has 0 bridgehead atoms. The maximum absolute atomic E-state index is 13.6. The van der Waals surface area contributed by atoms with E-state index in [4.69, 9.17) is 16.0 Å². The highest BCUT2D eigenvalue weighted by atomic mass is 79.9. The second-order valence-electron chi connectivity index (χ2n) is 3.58. The first-order valence-electron chi connectivity index (χ1n) is 4.93. The topological polar surface area (TPSA) is 33.4 Å². The van der Waals surface area contributed by atoms with Crippen LogP contribution in [0.5, 0.6) is 0 Å². The average Bonchev–Trinajstić information content (AvgIpc) is 2.71. The van der Waals surface area contributed by atoms with Crippen LogP contribution >= 0.6 is 27.5 Å². The molecule has 0 saturated heterocycles. The van der Waals surface area contributed by atoms with Gasteiger partial charge in [0.1, 0.15) is 5.82 Å². The minimum Gasteiger partial charge on any atom is -0.457 e. The lowest BCUT2D eigenvalue weighted by Crippen LogP contribution is -2.03. The van der Waals surface area contributed by atoms with Crippen molar-refractivity contribution in [2.24, 2.45) is 0 Å². The van der Waals surface area contributed by atoms with Crippen molar-refractivity contribution >= 4 is 27.5 Å². The summed E-state index contributed by atoms with van der Waals surface area (Å²) in [5, 5.41) is 10.0. The fourth-order valence-corrected chi connectivity index (χ4v) is 2.27. The highest BCUT2D eigenvalue weighted by Crippen LogP contribution is 2.28. The number of benzene rings is 1. The van der Waals surface area contributed by atoms with Crippen molar-refractivity contribution in [3.8, 4) is 0 Å². The molecule has 0 radical (unpaired) electrons. The van der Waals surface area contributed by atoms with Crippen LogP contribution in [0.3, 0.4) is 0 Å². The zero-order valence-corrected chi connectivity index (χ0v) is 11.0. The van der Waals surface area contributed by atoms with Crippen LogP contribution in [0.1, 0.15) is 17.2 Å². The third-order valence-corrected chi connectivity index (χ3v) is 3.39. The zero-order valence-electron chi connectivity index (χ0n) is 8.66. The van der Waals surface area contributed by atoms with Crippen LogP contribution < -0.4 is 0 Å². The van der Waals surface area contributed by atoms with E-state index < -0.39 is 11.9 Å². The number of aliphatic hydroxyl groups excluding tert-OH is 1. The molecule has 1 aromatic heterocycles. The minimum absolute atomic E-state index is 0.0564. The van der Waals surface area contributed by atoms with Crippen molar-refractivity contribution in [2.75, 3.05) is 0 Å². The molecule has 1 unspecified atom stereocenters. The Kier molecular flexibility index (Phi) is 3.86. The van der Waals surface area contributed by atoms with E-state index in [-0.39, 0.29) is 11.4 Å². The number of halogens is 3. The molecule has 0 fully saturated rings. The van der Waals surface area contributed by atoms with Crippen molar-refractivity contribution in [1.29, 1.82) is 0 Å². The molecular formula is C12H9BrClFO2. The summed E-state index contributed by atoms with van der Waals surface area (Å²) in [7, 11) is 0. The lowest BCUT2D eigenvalue weighted by molar-refractivity contribution is 0.175. The molecule has 0 aliphatic carbocycles. The van der Waals surface area contributed by atoms with Crippen LogP contribution in [0.25, 0.3) is 0 Å². The van der Waals surface area contributed by atoms with Crippen LogP contribution in [0.2, 0.25) is 5.02 Å². The molecule has 1 N–H and O–H groups in total. The molecular weight excluding hydrogens is 310 g/mol. The van der Waals surface area contributed by atoms with Gasteiger partial charge in [-0.1, -0.05) is 23.7 Å². The Morgan fingerprint density at radius 3 is 2.82 bits per heavy atom. The lowest BCUT2D eigenvalue weighted by Gasteiger charge is -2.10. The first kappa shape index (κ1) is 12.6. The van der Waals surface area contributed by atoms with Gasteiger partial charge in [0.2, 0.25) is 0 Å². The van der Waals surface area contributed by atoms with E-state index >= 15 is 0 Å². The summed E-state index contributed by atoms with van der Waals surface area (Å²) in [5.41, 5.74) is 0.961. The summed E-state index contributed by atoms with van der Waals surface area (Å²) in [4.78, 5) is 0. The van der Waals surface area contributed by atoms with Gasteiger partial charge in [0.05, 0.1) is 17.4 Å². The number of hydrogen-bond acceptors (Lipinski definition) is 2. The Morgan fingerprint density at radius 1 is 1.41 bits per heavy atom. The largest absolute Gasteiger partial charge is 0.457 e. The number of furan rings is 1. The molecule has 1 heterocycles. The molecule has 0 spiro atoms. The van der Waals surface area contributed by atoms with E-state index in [1.54, 1.807) is 18.2 Å². The van der Waals surface area contributed by atoms with Gasteiger partial charge in [0.15, 0.2) is 4.67 Å². The first-order valence-corrected chi connectivity index (χ1v) is 6.10. The zero-order chi connectivity index (χ0) is 12.4. The van der Waals surface area contributed by atoms with Gasteiger partial charge < -0.3 is 9.52 Å². The number of aliphatic hydroxyl groups is 1. The molecule has 0 amide bonds. The molecule has 2 aromatic rings. The van der Waals surface area contributed by atoms with E-state index in [0.717, 1.165) is 0 Å². The highest BCUT2D eigenvalue weighted by Gasteiger charge is 2.17. The maximum Gasteiger partial charge on any atom is 0.174 e. The van der Waals surface area contributed by atoms with E-state index in [0.29, 0.717) is 15.8 Å². The van der Waals surface area contributed by atoms with Crippen molar-refractivity contribution in [3.05, 3.63) is 57.2 Å². The molecule has 1 atom stereocenters.